The number of halogens is 2. The number of ether oxygens (including phenoxy) is 2. The summed E-state index contributed by atoms with van der Waals surface area (Å²) in [6.45, 7) is 6.12. The van der Waals surface area contributed by atoms with Crippen molar-refractivity contribution in [2.45, 2.75) is 26.2 Å². The first-order chi connectivity index (χ1) is 13.1. The topological polar surface area (TPSA) is 76.7 Å². The Hall–Kier alpha value is -2.06. The minimum absolute atomic E-state index is 0.0131. The normalized spacial score (nSPS) is 10.9. The molecule has 2 aromatic rings. The predicted molar refractivity (Wildman–Crippen MR) is 115 cm³/mol. The van der Waals surface area contributed by atoms with Gasteiger partial charge in [0, 0.05) is 5.56 Å². The number of benzene rings is 2. The van der Waals surface area contributed by atoms with Gasteiger partial charge in [-0.05, 0) is 73.2 Å². The fourth-order valence-electron chi connectivity index (χ4n) is 2.27. The van der Waals surface area contributed by atoms with E-state index in [2.05, 4.69) is 63.5 Å². The summed E-state index contributed by atoms with van der Waals surface area (Å²) in [5, 5.41) is 0. The lowest BCUT2D eigenvalue weighted by Gasteiger charge is -2.20. The monoisotopic (exact) mass is 512 g/mol. The molecule has 0 aliphatic carbocycles. The van der Waals surface area contributed by atoms with E-state index in [-0.39, 0.29) is 12.0 Å². The summed E-state index contributed by atoms with van der Waals surface area (Å²) in [5.74, 6) is 0.228. The van der Waals surface area contributed by atoms with E-state index in [0.717, 1.165) is 10.0 Å². The second-order valence-corrected chi connectivity index (χ2v) is 8.74. The summed E-state index contributed by atoms with van der Waals surface area (Å²) < 4.78 is 12.0. The van der Waals surface area contributed by atoms with Gasteiger partial charge in [0.15, 0.2) is 6.61 Å². The molecule has 0 radical (unpaired) electrons. The van der Waals surface area contributed by atoms with Gasteiger partial charge in [-0.2, -0.15) is 0 Å². The molecule has 0 aliphatic heterocycles. The van der Waals surface area contributed by atoms with Crippen LogP contribution in [0.5, 0.6) is 11.5 Å². The number of hydrogen-bond donors (Lipinski definition) is 2. The van der Waals surface area contributed by atoms with Crippen LogP contribution in [0.1, 0.15) is 36.7 Å². The number of amides is 2. The second-order valence-electron chi connectivity index (χ2n) is 7.04. The summed E-state index contributed by atoms with van der Waals surface area (Å²) >= 11 is 6.77. The van der Waals surface area contributed by atoms with Crippen molar-refractivity contribution in [2.24, 2.45) is 0 Å². The number of carbonyl (C=O) groups excluding carboxylic acids is 2. The minimum Gasteiger partial charge on any atom is -0.496 e. The number of hydrogen-bond acceptors (Lipinski definition) is 4. The Morgan fingerprint density at radius 1 is 0.964 bits per heavy atom. The zero-order valence-corrected chi connectivity index (χ0v) is 19.2. The highest BCUT2D eigenvalue weighted by molar-refractivity contribution is 9.10. The molecule has 0 spiro atoms. The van der Waals surface area contributed by atoms with Gasteiger partial charge in [-0.3, -0.25) is 20.4 Å². The summed E-state index contributed by atoms with van der Waals surface area (Å²) in [5.41, 5.74) is 6.21. The third-order valence-electron chi connectivity index (χ3n) is 3.89. The lowest BCUT2D eigenvalue weighted by molar-refractivity contribution is -0.123. The first-order valence-electron chi connectivity index (χ1n) is 8.47. The summed E-state index contributed by atoms with van der Waals surface area (Å²) in [6, 6.07) is 10.6. The van der Waals surface area contributed by atoms with Gasteiger partial charge in [0.25, 0.3) is 11.8 Å². The van der Waals surface area contributed by atoms with Gasteiger partial charge >= 0.3 is 0 Å². The molecule has 8 heteroatoms. The van der Waals surface area contributed by atoms with Crippen molar-refractivity contribution >= 4 is 43.7 Å². The van der Waals surface area contributed by atoms with Crippen molar-refractivity contribution < 1.29 is 19.1 Å². The van der Waals surface area contributed by atoms with Crippen molar-refractivity contribution in [3.63, 3.8) is 0 Å². The Morgan fingerprint density at radius 3 is 2.18 bits per heavy atom. The van der Waals surface area contributed by atoms with Crippen LogP contribution in [-0.4, -0.2) is 25.5 Å². The van der Waals surface area contributed by atoms with Gasteiger partial charge in [-0.25, -0.2) is 0 Å². The fourth-order valence-corrected chi connectivity index (χ4v) is 3.30. The van der Waals surface area contributed by atoms with Crippen LogP contribution in [0, 0.1) is 0 Å². The van der Waals surface area contributed by atoms with Crippen molar-refractivity contribution in [3.8, 4) is 11.5 Å². The van der Waals surface area contributed by atoms with Crippen molar-refractivity contribution in [2.75, 3.05) is 13.7 Å². The average Bonchev–Trinajstić information content (AvgIpc) is 2.64. The minimum atomic E-state index is -0.479. The summed E-state index contributed by atoms with van der Waals surface area (Å²) in [6.07, 6.45) is 0. The fraction of sp³-hybridized carbons (Fsp3) is 0.300. The highest BCUT2D eigenvalue weighted by atomic mass is 79.9. The lowest BCUT2D eigenvalue weighted by atomic mass is 9.87. The van der Waals surface area contributed by atoms with Gasteiger partial charge in [0.05, 0.1) is 16.1 Å². The van der Waals surface area contributed by atoms with Crippen LogP contribution in [0.2, 0.25) is 0 Å². The van der Waals surface area contributed by atoms with E-state index in [1.807, 2.05) is 18.2 Å². The molecule has 6 nitrogen and oxygen atoms in total. The molecule has 0 aromatic heterocycles. The highest BCUT2D eigenvalue weighted by Gasteiger charge is 2.16. The largest absolute Gasteiger partial charge is 0.496 e. The highest BCUT2D eigenvalue weighted by Crippen LogP contribution is 2.31. The van der Waals surface area contributed by atoms with Crippen LogP contribution >= 0.6 is 31.9 Å². The standard InChI is InChI=1S/C20H22Br2N2O4/c1-20(2,3)13-6-8-17(15(22)10-13)28-11-18(25)23-24-19(26)12-5-7-16(27-4)14(21)9-12/h5-10H,11H2,1-4H3,(H,23,25)(H,24,26). The van der Waals surface area contributed by atoms with E-state index in [4.69, 9.17) is 9.47 Å². The molecular formula is C20H22Br2N2O4. The molecule has 0 unspecified atom stereocenters. The predicted octanol–water partition coefficient (Wildman–Crippen LogP) is 4.36. The maximum atomic E-state index is 12.1. The van der Waals surface area contributed by atoms with E-state index < -0.39 is 11.8 Å². The van der Waals surface area contributed by atoms with E-state index >= 15 is 0 Å². The van der Waals surface area contributed by atoms with E-state index in [0.29, 0.717) is 21.5 Å². The Bertz CT molecular complexity index is 879. The molecule has 0 fully saturated rings. The number of rotatable bonds is 5. The van der Waals surface area contributed by atoms with Crippen LogP contribution < -0.4 is 20.3 Å². The molecule has 0 saturated heterocycles. The third kappa shape index (κ3) is 5.97. The zero-order valence-electron chi connectivity index (χ0n) is 16.1. The smallest absolute Gasteiger partial charge is 0.276 e. The molecule has 2 N–H and O–H groups in total. The maximum Gasteiger partial charge on any atom is 0.276 e. The Labute approximate surface area is 181 Å². The van der Waals surface area contributed by atoms with Crippen LogP contribution in [0.3, 0.4) is 0 Å². The van der Waals surface area contributed by atoms with E-state index in [9.17, 15) is 9.59 Å². The van der Waals surface area contributed by atoms with Crippen molar-refractivity contribution in [1.29, 1.82) is 0 Å². The third-order valence-corrected chi connectivity index (χ3v) is 5.13. The quantitative estimate of drug-likeness (QED) is 0.582. The molecule has 2 aromatic carbocycles. The lowest BCUT2D eigenvalue weighted by Crippen LogP contribution is -2.43. The first kappa shape index (κ1) is 22.2. The van der Waals surface area contributed by atoms with Gasteiger partial charge in [0.1, 0.15) is 11.5 Å². The summed E-state index contributed by atoms with van der Waals surface area (Å²) in [7, 11) is 1.54. The van der Waals surface area contributed by atoms with Crippen LogP contribution in [-0.2, 0) is 10.2 Å². The molecule has 28 heavy (non-hydrogen) atoms. The van der Waals surface area contributed by atoms with Gasteiger partial charge in [-0.15, -0.1) is 0 Å². The molecule has 2 amide bonds. The molecule has 0 saturated carbocycles. The molecule has 0 bridgehead atoms. The van der Waals surface area contributed by atoms with Crippen LogP contribution in [0.15, 0.2) is 45.3 Å². The molecular weight excluding hydrogens is 492 g/mol. The molecule has 0 atom stereocenters. The Balaban J connectivity index is 1.87. The summed E-state index contributed by atoms with van der Waals surface area (Å²) in [4.78, 5) is 24.1. The molecule has 150 valence electrons. The number of methoxy groups -OCH3 is 1. The number of nitrogens with one attached hydrogen (secondary N) is 2. The van der Waals surface area contributed by atoms with Gasteiger partial charge in [-0.1, -0.05) is 26.8 Å². The van der Waals surface area contributed by atoms with E-state index in [1.165, 1.54) is 7.11 Å². The van der Waals surface area contributed by atoms with Crippen LogP contribution in [0.25, 0.3) is 0 Å². The van der Waals surface area contributed by atoms with Gasteiger partial charge in [0.2, 0.25) is 0 Å². The van der Waals surface area contributed by atoms with Gasteiger partial charge < -0.3 is 9.47 Å². The zero-order chi connectivity index (χ0) is 20.9. The van der Waals surface area contributed by atoms with E-state index in [1.54, 1.807) is 18.2 Å². The second kappa shape index (κ2) is 9.43. The van der Waals surface area contributed by atoms with Crippen molar-refractivity contribution in [3.05, 3.63) is 56.5 Å². The molecule has 0 aliphatic rings. The molecule has 2 rings (SSSR count). The first-order valence-corrected chi connectivity index (χ1v) is 10.1. The average molecular weight is 514 g/mol. The number of hydrazine groups is 1. The number of carbonyl (C=O) groups is 2. The van der Waals surface area contributed by atoms with Crippen LogP contribution in [0.4, 0.5) is 0 Å². The Morgan fingerprint density at radius 2 is 1.61 bits per heavy atom. The van der Waals surface area contributed by atoms with Crippen molar-refractivity contribution in [1.82, 2.24) is 10.9 Å². The Kier molecular flexibility index (Phi) is 7.48. The maximum absolute atomic E-state index is 12.1. The molecule has 0 heterocycles. The SMILES string of the molecule is COc1ccc(C(=O)NNC(=O)COc2ccc(C(C)(C)C)cc2Br)cc1Br.